The summed E-state index contributed by atoms with van der Waals surface area (Å²) < 4.78 is 18.4. The molecule has 0 radical (unpaired) electrons. The van der Waals surface area contributed by atoms with E-state index in [0.29, 0.717) is 35.9 Å². The van der Waals surface area contributed by atoms with E-state index in [1.54, 1.807) is 4.90 Å². The molecule has 170 valence electrons. The first kappa shape index (κ1) is 24.9. The first-order valence-corrected chi connectivity index (χ1v) is 12.0. The fourth-order valence-electron chi connectivity index (χ4n) is 3.56. The molecule has 30 heavy (non-hydrogen) atoms. The number of carboxylic acid groups (broad SMARTS) is 1. The summed E-state index contributed by atoms with van der Waals surface area (Å²) in [5.74, 6) is -0.483. The number of aliphatic hydroxyl groups is 1. The van der Waals surface area contributed by atoms with Crippen LogP contribution in [0.4, 0.5) is 9.18 Å². The molecule has 1 fully saturated rings. The van der Waals surface area contributed by atoms with Crippen LogP contribution in [-0.2, 0) is 4.74 Å². The van der Waals surface area contributed by atoms with Crippen molar-refractivity contribution >= 4 is 35.2 Å². The molecule has 1 aromatic rings. The molecule has 0 bridgehead atoms. The summed E-state index contributed by atoms with van der Waals surface area (Å²) in [5, 5.41) is 21.1. The number of halogens is 1. The van der Waals surface area contributed by atoms with E-state index in [4.69, 9.17) is 9.84 Å². The van der Waals surface area contributed by atoms with Gasteiger partial charge in [0.05, 0.1) is 18.8 Å². The van der Waals surface area contributed by atoms with Gasteiger partial charge in [0.1, 0.15) is 6.10 Å². The number of nitrogens with zero attached hydrogens (tertiary/aromatic N) is 2. The fourth-order valence-corrected chi connectivity index (χ4v) is 5.36. The minimum absolute atomic E-state index is 0.0256. The molecule has 1 aliphatic heterocycles. The van der Waals surface area contributed by atoms with Gasteiger partial charge in [-0.05, 0) is 38.0 Å². The van der Waals surface area contributed by atoms with Crippen molar-refractivity contribution in [2.24, 2.45) is 5.41 Å². The smallest absolute Gasteiger partial charge is 0.410 e. The predicted octanol–water partition coefficient (Wildman–Crippen LogP) is 4.45. The Morgan fingerprint density at radius 1 is 1.47 bits per heavy atom. The monoisotopic (exact) mass is 462 g/mol. The van der Waals surface area contributed by atoms with Gasteiger partial charge in [-0.25, -0.2) is 14.6 Å². The lowest BCUT2D eigenvalue weighted by molar-refractivity contribution is 0.0276. The second-order valence-electron chi connectivity index (χ2n) is 8.23. The van der Waals surface area contributed by atoms with Gasteiger partial charge in [-0.2, -0.15) is 0 Å². The van der Waals surface area contributed by atoms with Gasteiger partial charge >= 0.3 is 12.1 Å². The number of hydrogen-bond donors (Lipinski definition) is 2. The van der Waals surface area contributed by atoms with Crippen LogP contribution in [0.3, 0.4) is 0 Å². The van der Waals surface area contributed by atoms with E-state index in [0.717, 1.165) is 12.8 Å². The fraction of sp³-hybridized carbons (Fsp3) is 0.750. The largest absolute Gasteiger partial charge is 0.476 e. The van der Waals surface area contributed by atoms with Gasteiger partial charge in [0.2, 0.25) is 0 Å². The van der Waals surface area contributed by atoms with Gasteiger partial charge in [0.25, 0.3) is 0 Å². The normalized spacial score (nSPS) is 20.4. The number of unbranched alkanes of at least 4 members (excludes halogenated alkanes) is 1. The highest BCUT2D eigenvalue weighted by Crippen LogP contribution is 2.33. The Hall–Kier alpha value is -1.39. The molecule has 0 spiro atoms. The number of thiazole rings is 1. The van der Waals surface area contributed by atoms with Crippen LogP contribution in [0.25, 0.3) is 0 Å². The number of carbonyl (C=O) groups excluding carboxylic acids is 1. The molecule has 7 nitrogen and oxygen atoms in total. The summed E-state index contributed by atoms with van der Waals surface area (Å²) >= 11 is 2.67. The predicted molar refractivity (Wildman–Crippen MR) is 115 cm³/mol. The zero-order chi connectivity index (χ0) is 22.3. The van der Waals surface area contributed by atoms with Gasteiger partial charge in [-0.15, -0.1) is 11.3 Å². The molecular weight excluding hydrogens is 431 g/mol. The third-order valence-electron chi connectivity index (χ3n) is 5.57. The maximum Gasteiger partial charge on any atom is 0.410 e. The number of aromatic nitrogens is 1. The molecule has 2 N–H and O–H groups in total. The summed E-state index contributed by atoms with van der Waals surface area (Å²) in [7, 11) is 0. The Balaban J connectivity index is 1.85. The molecular formula is C20H31FN2O5S2. The molecule has 1 aromatic heterocycles. The van der Waals surface area contributed by atoms with E-state index in [-0.39, 0.29) is 36.0 Å². The van der Waals surface area contributed by atoms with Crippen molar-refractivity contribution in [3.05, 3.63) is 11.1 Å². The minimum Gasteiger partial charge on any atom is -0.476 e. The van der Waals surface area contributed by atoms with E-state index < -0.39 is 12.1 Å². The molecule has 10 heteroatoms. The Kier molecular flexibility index (Phi) is 9.36. The number of alkyl halides is 1. The summed E-state index contributed by atoms with van der Waals surface area (Å²) in [4.78, 5) is 28.9. The molecule has 1 saturated heterocycles. The van der Waals surface area contributed by atoms with Crippen LogP contribution in [0.5, 0.6) is 0 Å². The molecule has 1 aliphatic rings. The van der Waals surface area contributed by atoms with Crippen LogP contribution in [0, 0.1) is 5.41 Å². The molecule has 0 saturated carbocycles. The average molecular weight is 463 g/mol. The van der Waals surface area contributed by atoms with Crippen molar-refractivity contribution in [1.29, 1.82) is 0 Å². The van der Waals surface area contributed by atoms with Crippen LogP contribution in [0.2, 0.25) is 0 Å². The van der Waals surface area contributed by atoms with Crippen LogP contribution in [-0.4, -0.2) is 69.4 Å². The SMILES string of the molecule is C[C@@H]1OC(=O)N(CCSc2nc(C(=O)O)cs2)[C@H]1CCC(O)C(C)(C)CCCCF. The number of cyclic esters (lactones) is 1. The number of aliphatic hydroxyl groups excluding tert-OH is 1. The first-order valence-electron chi connectivity index (χ1n) is 10.2. The van der Waals surface area contributed by atoms with Crippen molar-refractivity contribution in [3.8, 4) is 0 Å². The van der Waals surface area contributed by atoms with Gasteiger partial charge in [0.15, 0.2) is 10.0 Å². The molecule has 0 aliphatic carbocycles. The highest BCUT2D eigenvalue weighted by molar-refractivity contribution is 8.01. The summed E-state index contributed by atoms with van der Waals surface area (Å²) in [5.41, 5.74) is -0.285. The van der Waals surface area contributed by atoms with Crippen molar-refractivity contribution in [1.82, 2.24) is 9.88 Å². The lowest BCUT2D eigenvalue weighted by Crippen LogP contribution is -2.39. The molecule has 0 aromatic carbocycles. The Labute approximate surface area is 185 Å². The van der Waals surface area contributed by atoms with Crippen molar-refractivity contribution < 1.29 is 28.9 Å². The van der Waals surface area contributed by atoms with E-state index >= 15 is 0 Å². The number of amides is 1. The van der Waals surface area contributed by atoms with E-state index in [2.05, 4.69) is 4.98 Å². The molecule has 1 amide bonds. The standard InChI is InChI=1S/C20H31FN2O5S2/c1-13-15(6-7-16(24)20(2,3)8-4-5-9-21)23(19(27)28-13)10-11-29-18-22-14(12-30-18)17(25)26/h12-13,15-16,24H,4-11H2,1-3H3,(H,25,26)/t13-,15-,16?/m0/s1. The summed E-state index contributed by atoms with van der Waals surface area (Å²) in [6.07, 6.45) is 1.99. The minimum atomic E-state index is -1.05. The van der Waals surface area contributed by atoms with Gasteiger partial charge in [0, 0.05) is 17.7 Å². The highest BCUT2D eigenvalue weighted by Gasteiger charge is 2.39. The zero-order valence-electron chi connectivity index (χ0n) is 17.7. The number of carbonyl (C=O) groups is 2. The number of rotatable bonds is 13. The summed E-state index contributed by atoms with van der Waals surface area (Å²) in [6.45, 7) is 5.95. The number of ether oxygens (including phenoxy) is 1. The Morgan fingerprint density at radius 3 is 2.83 bits per heavy atom. The van der Waals surface area contributed by atoms with Crippen molar-refractivity contribution in [2.45, 2.75) is 75.5 Å². The zero-order valence-corrected chi connectivity index (χ0v) is 19.3. The second kappa shape index (κ2) is 11.3. The van der Waals surface area contributed by atoms with Crippen molar-refractivity contribution in [3.63, 3.8) is 0 Å². The maximum absolute atomic E-state index is 12.3. The van der Waals surface area contributed by atoms with Crippen LogP contribution < -0.4 is 0 Å². The molecule has 2 rings (SSSR count). The topological polar surface area (TPSA) is 100.0 Å². The lowest BCUT2D eigenvalue weighted by atomic mass is 9.79. The van der Waals surface area contributed by atoms with Crippen LogP contribution in [0.1, 0.15) is 63.4 Å². The Morgan fingerprint density at radius 2 is 2.20 bits per heavy atom. The van der Waals surface area contributed by atoms with Gasteiger partial charge in [-0.1, -0.05) is 32.0 Å². The van der Waals surface area contributed by atoms with E-state index in [1.807, 2.05) is 20.8 Å². The van der Waals surface area contributed by atoms with E-state index in [9.17, 15) is 19.1 Å². The number of thioether (sulfide) groups is 1. The molecule has 3 atom stereocenters. The van der Waals surface area contributed by atoms with Gasteiger partial charge < -0.3 is 19.8 Å². The van der Waals surface area contributed by atoms with Gasteiger partial charge in [-0.3, -0.25) is 4.39 Å². The van der Waals surface area contributed by atoms with Crippen LogP contribution in [0.15, 0.2) is 9.72 Å². The molecule has 2 heterocycles. The van der Waals surface area contributed by atoms with E-state index in [1.165, 1.54) is 28.5 Å². The third-order valence-corrected chi connectivity index (χ3v) is 7.57. The number of carboxylic acids is 1. The maximum atomic E-state index is 12.3. The Bertz CT molecular complexity index is 715. The van der Waals surface area contributed by atoms with Crippen LogP contribution >= 0.6 is 23.1 Å². The molecule has 1 unspecified atom stereocenters. The average Bonchev–Trinajstić information content (AvgIpc) is 3.25. The highest BCUT2D eigenvalue weighted by atomic mass is 32.2. The first-order chi connectivity index (χ1) is 14.2. The third kappa shape index (κ3) is 6.81. The summed E-state index contributed by atoms with van der Waals surface area (Å²) in [6, 6.07) is -0.125. The lowest BCUT2D eigenvalue weighted by Gasteiger charge is -2.32. The number of aromatic carboxylic acids is 1. The van der Waals surface area contributed by atoms with Crippen molar-refractivity contribution in [2.75, 3.05) is 19.0 Å². The number of hydrogen-bond acceptors (Lipinski definition) is 7. The quantitative estimate of drug-likeness (QED) is 0.330. The second-order valence-corrected chi connectivity index (χ2v) is 10.4.